The van der Waals surface area contributed by atoms with Gasteiger partial charge in [0.05, 0.1) is 6.61 Å². The van der Waals surface area contributed by atoms with Crippen LogP contribution in [0, 0.1) is 0 Å². The number of carboxylic acid groups (broad SMARTS) is 1. The first-order valence-corrected chi connectivity index (χ1v) is 7.62. The Morgan fingerprint density at radius 3 is 3.05 bits per heavy atom. The van der Waals surface area contributed by atoms with E-state index in [2.05, 4.69) is 5.32 Å². The van der Waals surface area contributed by atoms with Crippen molar-refractivity contribution in [2.45, 2.75) is 25.4 Å². The van der Waals surface area contributed by atoms with E-state index in [1.54, 1.807) is 0 Å². The molecule has 1 aromatic carbocycles. The quantitative estimate of drug-likeness (QED) is 0.909. The number of nitrogens with one attached hydrogen (secondary N) is 1. The van der Waals surface area contributed by atoms with E-state index < -0.39 is 5.97 Å². The van der Waals surface area contributed by atoms with Crippen LogP contribution < -0.4 is 5.32 Å². The molecule has 1 aliphatic heterocycles. The minimum Gasteiger partial charge on any atom is -0.477 e. The number of hydrogen-bond donors (Lipinski definition) is 2. The fourth-order valence-electron chi connectivity index (χ4n) is 2.60. The van der Waals surface area contributed by atoms with Gasteiger partial charge in [-0.15, -0.1) is 11.3 Å². The Morgan fingerprint density at radius 1 is 1.45 bits per heavy atom. The van der Waals surface area contributed by atoms with Crippen molar-refractivity contribution < 1.29 is 14.6 Å². The Labute approximate surface area is 121 Å². The number of carboxylic acids is 1. The third-order valence-electron chi connectivity index (χ3n) is 3.62. The summed E-state index contributed by atoms with van der Waals surface area (Å²) >= 11 is 1.35. The molecular formula is C15H17NO3S. The Balaban J connectivity index is 1.84. The van der Waals surface area contributed by atoms with Crippen LogP contribution in [0.2, 0.25) is 0 Å². The lowest BCUT2D eigenvalue weighted by molar-refractivity contribution is 0.0689. The van der Waals surface area contributed by atoms with Gasteiger partial charge in [-0.2, -0.15) is 0 Å². The summed E-state index contributed by atoms with van der Waals surface area (Å²) in [7, 11) is 0. The van der Waals surface area contributed by atoms with Crippen LogP contribution in [0.3, 0.4) is 0 Å². The molecule has 4 nitrogen and oxygen atoms in total. The molecule has 106 valence electrons. The largest absolute Gasteiger partial charge is 0.477 e. The van der Waals surface area contributed by atoms with E-state index in [9.17, 15) is 9.90 Å². The van der Waals surface area contributed by atoms with Crippen molar-refractivity contribution in [3.05, 3.63) is 34.7 Å². The van der Waals surface area contributed by atoms with Gasteiger partial charge in [0.2, 0.25) is 0 Å². The lowest BCUT2D eigenvalue weighted by Gasteiger charge is -2.23. The minimum absolute atomic E-state index is 0.323. The molecule has 3 rings (SSSR count). The molecule has 20 heavy (non-hydrogen) atoms. The first-order chi connectivity index (χ1) is 9.75. The van der Waals surface area contributed by atoms with Crippen molar-refractivity contribution in [3.63, 3.8) is 0 Å². The zero-order valence-corrected chi connectivity index (χ0v) is 11.9. The number of thiophene rings is 1. The molecular weight excluding hydrogens is 274 g/mol. The van der Waals surface area contributed by atoms with Gasteiger partial charge in [0.1, 0.15) is 4.88 Å². The van der Waals surface area contributed by atoms with E-state index in [-0.39, 0.29) is 0 Å². The second-order valence-electron chi connectivity index (χ2n) is 5.01. The average Bonchev–Trinajstić information content (AvgIpc) is 2.85. The van der Waals surface area contributed by atoms with Gasteiger partial charge in [0.15, 0.2) is 0 Å². The molecule has 0 radical (unpaired) electrons. The minimum atomic E-state index is -0.845. The van der Waals surface area contributed by atoms with Crippen molar-refractivity contribution in [2.75, 3.05) is 13.2 Å². The summed E-state index contributed by atoms with van der Waals surface area (Å²) in [5, 5.41) is 13.8. The number of hydrogen-bond acceptors (Lipinski definition) is 4. The van der Waals surface area contributed by atoms with E-state index in [1.807, 2.05) is 24.3 Å². The summed E-state index contributed by atoms with van der Waals surface area (Å²) in [6.45, 7) is 2.13. The van der Waals surface area contributed by atoms with E-state index in [4.69, 9.17) is 4.74 Å². The highest BCUT2D eigenvalue weighted by molar-refractivity contribution is 7.21. The number of aromatic carboxylic acids is 1. The highest BCUT2D eigenvalue weighted by Crippen LogP contribution is 2.31. The molecule has 0 aliphatic carbocycles. The lowest BCUT2D eigenvalue weighted by atomic mass is 10.1. The van der Waals surface area contributed by atoms with E-state index in [0.29, 0.717) is 24.1 Å². The predicted molar refractivity (Wildman–Crippen MR) is 79.5 cm³/mol. The van der Waals surface area contributed by atoms with Gasteiger partial charge in [-0.1, -0.05) is 18.2 Å². The number of rotatable bonds is 4. The number of benzene rings is 1. The Morgan fingerprint density at radius 2 is 2.30 bits per heavy atom. The van der Waals surface area contributed by atoms with E-state index in [1.165, 1.54) is 11.3 Å². The van der Waals surface area contributed by atoms with Crippen LogP contribution in [0.15, 0.2) is 24.3 Å². The number of ether oxygens (including phenoxy) is 1. The fourth-order valence-corrected chi connectivity index (χ4v) is 3.66. The van der Waals surface area contributed by atoms with Gasteiger partial charge in [-0.05, 0) is 29.9 Å². The van der Waals surface area contributed by atoms with Crippen LogP contribution in [0.25, 0.3) is 10.1 Å². The molecule has 2 N–H and O–H groups in total. The summed E-state index contributed by atoms with van der Waals surface area (Å²) in [4.78, 5) is 11.8. The summed E-state index contributed by atoms with van der Waals surface area (Å²) in [5.74, 6) is -0.845. The van der Waals surface area contributed by atoms with Gasteiger partial charge in [-0.3, -0.25) is 0 Å². The van der Waals surface area contributed by atoms with E-state index >= 15 is 0 Å². The highest BCUT2D eigenvalue weighted by Gasteiger charge is 2.19. The molecule has 1 atom stereocenters. The normalized spacial score (nSPS) is 19.3. The fraction of sp³-hybridized carbons (Fsp3) is 0.400. The molecule has 1 aromatic heterocycles. The lowest BCUT2D eigenvalue weighted by Crippen LogP contribution is -2.36. The van der Waals surface area contributed by atoms with Gasteiger partial charge in [-0.25, -0.2) is 4.79 Å². The van der Waals surface area contributed by atoms with Gasteiger partial charge in [0, 0.05) is 23.9 Å². The highest BCUT2D eigenvalue weighted by atomic mass is 32.1. The van der Waals surface area contributed by atoms with Crippen molar-refractivity contribution in [3.8, 4) is 0 Å². The Kier molecular flexibility index (Phi) is 4.00. The van der Waals surface area contributed by atoms with Crippen molar-refractivity contribution in [2.24, 2.45) is 0 Å². The second-order valence-corrected chi connectivity index (χ2v) is 6.06. The molecule has 1 saturated heterocycles. The molecule has 1 aliphatic rings. The molecule has 5 heteroatoms. The molecule has 0 spiro atoms. The third kappa shape index (κ3) is 2.70. The summed E-state index contributed by atoms with van der Waals surface area (Å²) in [6.07, 6.45) is 2.15. The second kappa shape index (κ2) is 5.91. The van der Waals surface area contributed by atoms with Crippen LogP contribution in [-0.2, 0) is 11.3 Å². The zero-order valence-electron chi connectivity index (χ0n) is 11.1. The summed E-state index contributed by atoms with van der Waals surface area (Å²) in [6, 6.07) is 8.18. The van der Waals surface area contributed by atoms with E-state index in [0.717, 1.165) is 35.1 Å². The topological polar surface area (TPSA) is 58.6 Å². The number of fused-ring (bicyclic) bond motifs is 1. The standard InChI is InChI=1S/C15H17NO3S/c17-15(18)14-12(8-16-10-4-3-7-19-9-10)11-5-1-2-6-13(11)20-14/h1-2,5-6,10,16H,3-4,7-9H2,(H,17,18). The first-order valence-electron chi connectivity index (χ1n) is 6.80. The van der Waals surface area contributed by atoms with Crippen LogP contribution in [0.5, 0.6) is 0 Å². The zero-order chi connectivity index (χ0) is 13.9. The molecule has 2 heterocycles. The maximum absolute atomic E-state index is 11.4. The average molecular weight is 291 g/mol. The summed E-state index contributed by atoms with van der Waals surface area (Å²) < 4.78 is 6.47. The molecule has 0 bridgehead atoms. The Bertz CT molecular complexity index is 617. The molecule has 0 saturated carbocycles. The maximum atomic E-state index is 11.4. The Hall–Kier alpha value is -1.43. The molecule has 1 fully saturated rings. The number of carbonyl (C=O) groups is 1. The smallest absolute Gasteiger partial charge is 0.346 e. The van der Waals surface area contributed by atoms with Gasteiger partial charge in [0.25, 0.3) is 0 Å². The van der Waals surface area contributed by atoms with Crippen LogP contribution >= 0.6 is 11.3 Å². The van der Waals surface area contributed by atoms with Crippen LogP contribution in [0.4, 0.5) is 0 Å². The van der Waals surface area contributed by atoms with Crippen LogP contribution in [-0.4, -0.2) is 30.3 Å². The third-order valence-corrected chi connectivity index (χ3v) is 4.82. The van der Waals surface area contributed by atoms with Crippen LogP contribution in [0.1, 0.15) is 28.1 Å². The molecule has 1 unspecified atom stereocenters. The predicted octanol–water partition coefficient (Wildman–Crippen LogP) is 2.87. The van der Waals surface area contributed by atoms with Crippen molar-refractivity contribution in [1.82, 2.24) is 5.32 Å². The maximum Gasteiger partial charge on any atom is 0.346 e. The SMILES string of the molecule is O=C(O)c1sc2ccccc2c1CNC1CCCOC1. The molecule has 2 aromatic rings. The van der Waals surface area contributed by atoms with Gasteiger partial charge < -0.3 is 15.2 Å². The monoisotopic (exact) mass is 291 g/mol. The van der Waals surface area contributed by atoms with Crippen molar-refractivity contribution >= 4 is 27.4 Å². The first kappa shape index (κ1) is 13.5. The van der Waals surface area contributed by atoms with Gasteiger partial charge >= 0.3 is 5.97 Å². The summed E-state index contributed by atoms with van der Waals surface area (Å²) in [5.41, 5.74) is 0.892. The van der Waals surface area contributed by atoms with Crippen molar-refractivity contribution in [1.29, 1.82) is 0 Å². The molecule has 0 amide bonds.